The molecule has 0 saturated heterocycles. The van der Waals surface area contributed by atoms with E-state index in [1.54, 1.807) is 7.11 Å². The third-order valence-electron chi connectivity index (χ3n) is 4.92. The van der Waals surface area contributed by atoms with Crippen LogP contribution in [0.15, 0.2) is 54.2 Å². The van der Waals surface area contributed by atoms with E-state index in [2.05, 4.69) is 5.32 Å². The molecule has 0 saturated carbocycles. The first kappa shape index (κ1) is 21.6. The molecule has 0 atom stereocenters. The Morgan fingerprint density at radius 3 is 2.37 bits per heavy atom. The quantitative estimate of drug-likeness (QED) is 0.475. The normalized spacial score (nSPS) is 13.9. The number of carbonyl (C=O) groups excluding carboxylic acids is 2. The molecule has 0 fully saturated rings. The van der Waals surface area contributed by atoms with Crippen LogP contribution in [0, 0.1) is 6.92 Å². The highest BCUT2D eigenvalue weighted by Gasteiger charge is 2.39. The molecule has 0 aromatic heterocycles. The molecule has 6 nitrogen and oxygen atoms in total. The number of anilines is 1. The predicted octanol–water partition coefficient (Wildman–Crippen LogP) is 4.01. The third kappa shape index (κ3) is 4.71. The van der Waals surface area contributed by atoms with Gasteiger partial charge in [-0.1, -0.05) is 37.3 Å². The summed E-state index contributed by atoms with van der Waals surface area (Å²) in [7, 11) is 1.60. The largest absolute Gasteiger partial charge is 0.494 e. The topological polar surface area (TPSA) is 67.9 Å². The molecule has 0 spiro atoms. The highest BCUT2D eigenvalue weighted by molar-refractivity contribution is 6.36. The van der Waals surface area contributed by atoms with Gasteiger partial charge in [0.15, 0.2) is 0 Å². The SMILES string of the molecule is CCCOc1ccc(C2=C(Nc3ccccc3C)C(=O)N(CCCOC)C2=O)cc1. The molecule has 0 bridgehead atoms. The first-order valence-corrected chi connectivity index (χ1v) is 10.2. The summed E-state index contributed by atoms with van der Waals surface area (Å²) in [5.74, 6) is 0.124. The van der Waals surface area contributed by atoms with Crippen LogP contribution in [0.1, 0.15) is 30.9 Å². The molecule has 2 amide bonds. The van der Waals surface area contributed by atoms with E-state index in [4.69, 9.17) is 9.47 Å². The fraction of sp³-hybridized carbons (Fsp3) is 0.333. The molecular formula is C24H28N2O4. The Morgan fingerprint density at radius 2 is 1.70 bits per heavy atom. The van der Waals surface area contributed by atoms with Gasteiger partial charge in [0.25, 0.3) is 11.8 Å². The average Bonchev–Trinajstić information content (AvgIpc) is 2.98. The van der Waals surface area contributed by atoms with E-state index in [9.17, 15) is 9.59 Å². The number of para-hydroxylation sites is 1. The van der Waals surface area contributed by atoms with E-state index in [0.29, 0.717) is 43.0 Å². The van der Waals surface area contributed by atoms with Crippen LogP contribution in [-0.2, 0) is 14.3 Å². The Morgan fingerprint density at radius 1 is 0.967 bits per heavy atom. The van der Waals surface area contributed by atoms with Crippen LogP contribution in [-0.4, -0.2) is 43.6 Å². The monoisotopic (exact) mass is 408 g/mol. The van der Waals surface area contributed by atoms with Gasteiger partial charge in [-0.2, -0.15) is 0 Å². The smallest absolute Gasteiger partial charge is 0.278 e. The van der Waals surface area contributed by atoms with E-state index >= 15 is 0 Å². The van der Waals surface area contributed by atoms with Crippen molar-refractivity contribution in [2.24, 2.45) is 0 Å². The fourth-order valence-electron chi connectivity index (χ4n) is 3.32. The summed E-state index contributed by atoms with van der Waals surface area (Å²) in [6, 6.07) is 15.0. The minimum Gasteiger partial charge on any atom is -0.494 e. The van der Waals surface area contributed by atoms with Crippen LogP contribution in [0.3, 0.4) is 0 Å². The Kier molecular flexibility index (Phi) is 7.25. The first-order chi connectivity index (χ1) is 14.6. The molecule has 0 radical (unpaired) electrons. The maximum Gasteiger partial charge on any atom is 0.278 e. The van der Waals surface area contributed by atoms with Crippen molar-refractivity contribution in [3.05, 3.63) is 65.4 Å². The minimum absolute atomic E-state index is 0.297. The average molecular weight is 408 g/mol. The number of nitrogens with one attached hydrogen (secondary N) is 1. The van der Waals surface area contributed by atoms with Crippen molar-refractivity contribution in [3.63, 3.8) is 0 Å². The lowest BCUT2D eigenvalue weighted by Gasteiger charge is -2.15. The minimum atomic E-state index is -0.319. The second-order valence-corrected chi connectivity index (χ2v) is 7.17. The first-order valence-electron chi connectivity index (χ1n) is 10.2. The van der Waals surface area contributed by atoms with Gasteiger partial charge >= 0.3 is 0 Å². The summed E-state index contributed by atoms with van der Waals surface area (Å²) in [5.41, 5.74) is 3.15. The molecule has 6 heteroatoms. The molecule has 1 heterocycles. The molecule has 2 aromatic rings. The summed E-state index contributed by atoms with van der Waals surface area (Å²) in [4.78, 5) is 27.6. The molecule has 1 aliphatic heterocycles. The number of hydrogen-bond acceptors (Lipinski definition) is 5. The van der Waals surface area contributed by atoms with Gasteiger partial charge < -0.3 is 14.8 Å². The number of rotatable bonds is 10. The van der Waals surface area contributed by atoms with Gasteiger partial charge in [0, 0.05) is 25.9 Å². The third-order valence-corrected chi connectivity index (χ3v) is 4.92. The van der Waals surface area contributed by atoms with E-state index in [1.165, 1.54) is 4.90 Å². The van der Waals surface area contributed by atoms with E-state index in [1.807, 2.05) is 62.4 Å². The van der Waals surface area contributed by atoms with Crippen molar-refractivity contribution in [2.75, 3.05) is 32.2 Å². The summed E-state index contributed by atoms with van der Waals surface area (Å²) in [6.45, 7) is 5.43. The maximum atomic E-state index is 13.2. The van der Waals surface area contributed by atoms with E-state index in [-0.39, 0.29) is 11.8 Å². The highest BCUT2D eigenvalue weighted by atomic mass is 16.5. The highest BCUT2D eigenvalue weighted by Crippen LogP contribution is 2.32. The molecule has 0 aliphatic carbocycles. The molecule has 1 N–H and O–H groups in total. The number of aryl methyl sites for hydroxylation is 1. The van der Waals surface area contributed by atoms with Crippen molar-refractivity contribution in [2.45, 2.75) is 26.7 Å². The maximum absolute atomic E-state index is 13.2. The fourth-order valence-corrected chi connectivity index (χ4v) is 3.32. The van der Waals surface area contributed by atoms with Crippen LogP contribution >= 0.6 is 0 Å². The van der Waals surface area contributed by atoms with Gasteiger partial charge in [-0.3, -0.25) is 14.5 Å². The molecule has 0 unspecified atom stereocenters. The van der Waals surface area contributed by atoms with Gasteiger partial charge in [-0.15, -0.1) is 0 Å². The lowest BCUT2D eigenvalue weighted by molar-refractivity contribution is -0.136. The van der Waals surface area contributed by atoms with Crippen molar-refractivity contribution in [1.29, 1.82) is 0 Å². The Balaban J connectivity index is 1.95. The Bertz CT molecular complexity index is 934. The van der Waals surface area contributed by atoms with Gasteiger partial charge in [-0.25, -0.2) is 0 Å². The van der Waals surface area contributed by atoms with Crippen molar-refractivity contribution >= 4 is 23.1 Å². The molecule has 30 heavy (non-hydrogen) atoms. The van der Waals surface area contributed by atoms with Crippen molar-refractivity contribution in [3.8, 4) is 5.75 Å². The number of ether oxygens (including phenoxy) is 2. The van der Waals surface area contributed by atoms with E-state index in [0.717, 1.165) is 23.4 Å². The number of methoxy groups -OCH3 is 1. The molecule has 3 rings (SSSR count). The summed E-state index contributed by atoms with van der Waals surface area (Å²) >= 11 is 0. The van der Waals surface area contributed by atoms with Gasteiger partial charge in [0.1, 0.15) is 11.4 Å². The number of imide groups is 1. The lowest BCUT2D eigenvalue weighted by atomic mass is 10.0. The summed E-state index contributed by atoms with van der Waals surface area (Å²) < 4.78 is 10.7. The summed E-state index contributed by atoms with van der Waals surface area (Å²) in [6.07, 6.45) is 1.50. The van der Waals surface area contributed by atoms with Crippen LogP contribution < -0.4 is 10.1 Å². The zero-order valence-corrected chi connectivity index (χ0v) is 17.7. The Hall–Kier alpha value is -3.12. The second kappa shape index (κ2) is 10.1. The molecular weight excluding hydrogens is 380 g/mol. The van der Waals surface area contributed by atoms with Crippen LogP contribution in [0.4, 0.5) is 5.69 Å². The van der Waals surface area contributed by atoms with Gasteiger partial charge in [0.05, 0.1) is 12.2 Å². The van der Waals surface area contributed by atoms with Crippen molar-refractivity contribution < 1.29 is 19.1 Å². The van der Waals surface area contributed by atoms with Gasteiger partial charge in [-0.05, 0) is 49.1 Å². The van der Waals surface area contributed by atoms with E-state index < -0.39 is 0 Å². The number of amides is 2. The zero-order chi connectivity index (χ0) is 21.5. The Labute approximate surface area is 177 Å². The lowest BCUT2D eigenvalue weighted by Crippen LogP contribution is -2.33. The second-order valence-electron chi connectivity index (χ2n) is 7.17. The number of benzene rings is 2. The predicted molar refractivity (Wildman–Crippen MR) is 117 cm³/mol. The molecule has 1 aliphatic rings. The molecule has 2 aromatic carbocycles. The molecule has 158 valence electrons. The van der Waals surface area contributed by atoms with Crippen LogP contribution in [0.5, 0.6) is 5.75 Å². The van der Waals surface area contributed by atoms with Crippen molar-refractivity contribution in [1.82, 2.24) is 4.90 Å². The van der Waals surface area contributed by atoms with Gasteiger partial charge in [0.2, 0.25) is 0 Å². The number of nitrogens with zero attached hydrogens (tertiary/aromatic N) is 1. The van der Waals surface area contributed by atoms with Crippen LogP contribution in [0.25, 0.3) is 5.57 Å². The number of hydrogen-bond donors (Lipinski definition) is 1. The zero-order valence-electron chi connectivity index (χ0n) is 17.7. The number of carbonyl (C=O) groups is 2. The standard InChI is InChI=1S/C24H28N2O4/c1-4-15-30-19-12-10-18(11-13-19)21-22(25-20-9-6-5-8-17(20)2)24(28)26(23(21)27)14-7-16-29-3/h5-6,8-13,25H,4,7,14-16H2,1-3H3. The summed E-state index contributed by atoms with van der Waals surface area (Å²) in [5, 5.41) is 3.21. The van der Waals surface area contributed by atoms with Crippen LogP contribution in [0.2, 0.25) is 0 Å².